The molecule has 0 bridgehead atoms. The van der Waals surface area contributed by atoms with E-state index in [0.29, 0.717) is 65.9 Å². The molecular weight excluding hydrogens is 1240 g/mol. The molecule has 4 heterocycles. The van der Waals surface area contributed by atoms with Gasteiger partial charge in [0, 0.05) is 77.4 Å². The van der Waals surface area contributed by atoms with Crippen LogP contribution in [0.15, 0.2) is 45.6 Å². The van der Waals surface area contributed by atoms with Crippen LogP contribution in [0, 0.1) is 70.0 Å². The van der Waals surface area contributed by atoms with Crippen LogP contribution in [-0.4, -0.2) is 147 Å². The number of hydrogen-bond acceptors (Lipinski definition) is 16. The molecule has 0 aromatic rings. The Morgan fingerprint density at radius 3 is 1.58 bits per heavy atom. The Morgan fingerprint density at radius 1 is 0.691 bits per heavy atom. The molecule has 2 amide bonds. The number of fused-ring (bicyclic) bond motifs is 12. The smallest absolute Gasteiger partial charge is 1.00 e. The number of amides is 2. The minimum Gasteiger partial charge on any atom is 1.00 e. The molecule has 0 aromatic heterocycles. The molecule has 19 nitrogen and oxygen atoms in total. The number of ketones is 2. The predicted molar refractivity (Wildman–Crippen MR) is 370 cm³/mol. The van der Waals surface area contributed by atoms with Gasteiger partial charge in [-0.2, -0.15) is 6.92 Å². The average molecular weight is 1360 g/mol. The first-order valence-corrected chi connectivity index (χ1v) is 35.9. The van der Waals surface area contributed by atoms with E-state index in [1.807, 2.05) is 32.9 Å². The van der Waals surface area contributed by atoms with E-state index in [1.54, 1.807) is 43.1 Å². The van der Waals surface area contributed by atoms with E-state index in [9.17, 15) is 28.8 Å². The van der Waals surface area contributed by atoms with Crippen molar-refractivity contribution in [2.75, 3.05) is 40.0 Å². The summed E-state index contributed by atoms with van der Waals surface area (Å²) in [5, 5.41) is 9.24. The topological polar surface area (TPSA) is 263 Å². The first-order valence-electron chi connectivity index (χ1n) is 35.9. The van der Waals surface area contributed by atoms with Crippen molar-refractivity contribution in [2.45, 2.75) is 280 Å². The maximum atomic E-state index is 12.3. The third kappa shape index (κ3) is 19.7. The summed E-state index contributed by atoms with van der Waals surface area (Å²) in [6, 6.07) is 0.942. The minimum absolute atomic E-state index is 0. The Labute approximate surface area is 604 Å². The number of ether oxygens (including phenoxy) is 6. The van der Waals surface area contributed by atoms with Gasteiger partial charge in [0.1, 0.15) is 17.9 Å². The van der Waals surface area contributed by atoms with Crippen molar-refractivity contribution in [3.05, 3.63) is 45.6 Å². The SMILES string of the molecule is CC(=O)OC(C)=O.CC1=C2C[C@H]3[C@@H](CCC4=CC(=O)CC[C@@]43C)[C@@H]2CC[C@@]2(C1)O[C@@H]1C[C@H](C)CN(CCNC(=O)OC(C)(C)C)[C@H]1[C@H]2C.CC1=C2C[C@H]3[C@@H](CCC4=CC(=O)CC[C@@]43C)[C@@H]2CC[C@@]2(C1)O[C@@H]1C[C@H](C)CN[C@H]1[C@H]2C.COCNC(=O)OC(C)(C)C.C[C-]=O.O.[B]=O.[Na+]. The van der Waals surface area contributed by atoms with Gasteiger partial charge in [0.2, 0.25) is 0 Å². The zero-order chi connectivity index (χ0) is 70.3. The summed E-state index contributed by atoms with van der Waals surface area (Å²) in [4.78, 5) is 78.3. The molecule has 4 saturated carbocycles. The molecule has 4 saturated heterocycles. The first kappa shape index (κ1) is 83.9. The molecular formula is C76H121BN4NaO15. The number of hydrogen-bond donors (Lipinski definition) is 3. The zero-order valence-corrected chi connectivity index (χ0v) is 64.7. The van der Waals surface area contributed by atoms with Gasteiger partial charge in [-0.1, -0.05) is 75.0 Å². The molecule has 0 unspecified atom stereocenters. The number of allylic oxidation sites excluding steroid dienone is 6. The molecule has 8 aliphatic carbocycles. The summed E-state index contributed by atoms with van der Waals surface area (Å²) in [5.74, 6) is 6.38. The van der Waals surface area contributed by atoms with Crippen molar-refractivity contribution in [1.82, 2.24) is 20.9 Å². The van der Waals surface area contributed by atoms with Crippen LogP contribution in [0.1, 0.15) is 233 Å². The van der Waals surface area contributed by atoms with E-state index in [-0.39, 0.29) is 76.0 Å². The Bertz CT molecular complexity index is 2910. The maximum Gasteiger partial charge on any atom is 1.00 e. The molecule has 0 aromatic carbocycles. The van der Waals surface area contributed by atoms with Crippen LogP contribution >= 0.6 is 0 Å². The summed E-state index contributed by atoms with van der Waals surface area (Å²) in [5.41, 5.74) is 9.22. The normalized spacial score (nSPS) is 36.5. The molecule has 18 atom stereocenters. The molecule has 5 N–H and O–H groups in total. The fourth-order valence-corrected chi connectivity index (χ4v) is 20.2. The third-order valence-corrected chi connectivity index (χ3v) is 24.2. The Morgan fingerprint density at radius 2 is 1.13 bits per heavy atom. The van der Waals surface area contributed by atoms with Gasteiger partial charge < -0.3 is 49.3 Å². The first-order chi connectivity index (χ1) is 44.6. The van der Waals surface area contributed by atoms with Gasteiger partial charge in [-0.05, 0) is 235 Å². The minimum atomic E-state index is -0.562. The van der Waals surface area contributed by atoms with Crippen LogP contribution in [0.4, 0.5) is 9.59 Å². The van der Waals surface area contributed by atoms with Crippen molar-refractivity contribution in [3.63, 3.8) is 0 Å². The number of carbonyl (C=O) groups is 6. The standard InChI is InChI=1S/C35H54N2O4.C28H41NO2.C7H15NO3.C4H6O3.C2H3O.BO.Na.H2O/c1-21-16-30-31(37(20-21)15-14-36-32(39)41-33(4,5)6)23(3)35(40-30)13-11-26-27-9-8-24-17-25(38)10-12-34(24,7)29(27)18-28(26)22(2)19-35;1-16-11-25-26(29-15-16)18(3)28(31-25)10-8-21-22-6-5-19-12-20(30)7-9-27(19,4)24(22)13-23(21)17(2)14-28;1-7(2,3)11-6(9)8-5-10-4;1-3(5)7-4(2)6;1-2-3;1-2;;/h17,21,23,26-27,29-31H,8-16,18-20H2,1-7H3,(H,36,39);12,16,18,21-22,24-26,29H,5-11,13-15H2,1-4H3;5H2,1-4H3,(H,8,9);1-2H3;1H3;;;1H2/q;;;;-1;;+1;/t21-,23+,26-,27-,29-,30+,31-,34-,35-;16-,18+,21-,22-,24-,25+,26-,27-,28-;;;;;;/m00....../s1. The van der Waals surface area contributed by atoms with Gasteiger partial charge in [0.25, 0.3) is 0 Å². The molecule has 12 aliphatic rings. The second-order valence-corrected chi connectivity index (χ2v) is 32.8. The number of piperidine rings is 2. The molecule has 1 radical (unpaired) electrons. The number of likely N-dealkylation sites (tertiary alicyclic amines) is 1. The summed E-state index contributed by atoms with van der Waals surface area (Å²) in [6.07, 6.45) is 25.8. The van der Waals surface area contributed by atoms with Crippen LogP contribution in [0.3, 0.4) is 0 Å². The number of nitrogens with zero attached hydrogens (tertiary/aromatic N) is 1. The summed E-state index contributed by atoms with van der Waals surface area (Å²) in [6.45, 7) is 38.1. The molecule has 8 fully saturated rings. The van der Waals surface area contributed by atoms with E-state index < -0.39 is 29.2 Å². The monoisotopic (exact) mass is 1360 g/mol. The van der Waals surface area contributed by atoms with Crippen LogP contribution in [-0.2, 0) is 57.1 Å². The zero-order valence-electron chi connectivity index (χ0n) is 62.7. The molecule has 4 aliphatic heterocycles. The van der Waals surface area contributed by atoms with E-state index >= 15 is 0 Å². The largest absolute Gasteiger partial charge is 1.00 e. The molecule has 2 spiro atoms. The summed E-state index contributed by atoms with van der Waals surface area (Å²) >= 11 is 0. The van der Waals surface area contributed by atoms with E-state index in [4.69, 9.17) is 28.4 Å². The Balaban J connectivity index is 0.000000266. The molecule has 97 heavy (non-hydrogen) atoms. The van der Waals surface area contributed by atoms with Gasteiger partial charge >= 0.3 is 66.1 Å². The fraction of sp³-hybridized carbons (Fsp3) is 0.803. The van der Waals surface area contributed by atoms with Crippen molar-refractivity contribution in [1.29, 1.82) is 0 Å². The van der Waals surface area contributed by atoms with Crippen molar-refractivity contribution in [2.24, 2.45) is 70.0 Å². The second kappa shape index (κ2) is 35.0. The summed E-state index contributed by atoms with van der Waals surface area (Å²) < 4.78 is 41.0. The van der Waals surface area contributed by atoms with E-state index in [2.05, 4.69) is 93.4 Å². The number of rotatable bonds is 5. The quantitative estimate of drug-likeness (QED) is 0.0440. The van der Waals surface area contributed by atoms with Crippen molar-refractivity contribution in [3.8, 4) is 0 Å². The third-order valence-electron chi connectivity index (χ3n) is 24.2. The van der Waals surface area contributed by atoms with Gasteiger partial charge in [0.05, 0.1) is 23.4 Å². The fourth-order valence-electron chi connectivity index (χ4n) is 20.2. The maximum absolute atomic E-state index is 12.3. The molecule has 12 rings (SSSR count). The number of alkyl carbamates (subject to hydrolysis) is 2. The van der Waals surface area contributed by atoms with Gasteiger partial charge in [-0.25, -0.2) is 9.59 Å². The Kier molecular flexibility index (Phi) is 30.3. The summed E-state index contributed by atoms with van der Waals surface area (Å²) in [7, 11) is 4.75. The van der Waals surface area contributed by atoms with E-state index in [1.165, 1.54) is 96.7 Å². The van der Waals surface area contributed by atoms with Crippen LogP contribution in [0.5, 0.6) is 0 Å². The molecule has 21 heteroatoms. The van der Waals surface area contributed by atoms with Crippen LogP contribution < -0.4 is 45.5 Å². The second-order valence-electron chi connectivity index (χ2n) is 32.8. The average Bonchev–Trinajstić information content (AvgIpc) is 1.61. The van der Waals surface area contributed by atoms with Gasteiger partial charge in [-0.15, -0.1) is 0 Å². The number of methoxy groups -OCH3 is 1. The molecule has 539 valence electrons. The van der Waals surface area contributed by atoms with Crippen LogP contribution in [0.25, 0.3) is 0 Å². The van der Waals surface area contributed by atoms with Crippen molar-refractivity contribution < 1.29 is 102 Å². The van der Waals surface area contributed by atoms with Crippen molar-refractivity contribution >= 4 is 49.7 Å². The number of nitrogens with one attached hydrogen (secondary N) is 3. The number of carbonyl (C=O) groups excluding carboxylic acids is 7. The number of esters is 2. The van der Waals surface area contributed by atoms with Crippen LogP contribution in [0.2, 0.25) is 0 Å². The Hall–Kier alpha value is -3.73. The predicted octanol–water partition coefficient (Wildman–Crippen LogP) is 9.44. The van der Waals surface area contributed by atoms with E-state index in [0.717, 1.165) is 113 Å². The van der Waals surface area contributed by atoms with Gasteiger partial charge in [-0.3, -0.25) is 35.7 Å². The van der Waals surface area contributed by atoms with Gasteiger partial charge in [0.15, 0.2) is 11.6 Å².